The zero-order valence-corrected chi connectivity index (χ0v) is 11.5. The second-order valence-electron chi connectivity index (χ2n) is 3.78. The molecular formula is C13H17BrN2. The van der Waals surface area contributed by atoms with Gasteiger partial charge in [0.1, 0.15) is 0 Å². The molecule has 1 aromatic rings. The van der Waals surface area contributed by atoms with Crippen LogP contribution in [0.1, 0.15) is 18.5 Å². The fourth-order valence-corrected chi connectivity index (χ4v) is 2.19. The maximum atomic E-state index is 5.30. The second-order valence-corrected chi connectivity index (χ2v) is 4.64. The average molecular weight is 281 g/mol. The second kappa shape index (κ2) is 5.93. The van der Waals surface area contributed by atoms with Crippen LogP contribution in [0.3, 0.4) is 0 Å². The lowest BCUT2D eigenvalue weighted by Gasteiger charge is -2.19. The summed E-state index contributed by atoms with van der Waals surface area (Å²) >= 11 is 3.58. The van der Waals surface area contributed by atoms with Crippen molar-refractivity contribution in [3.63, 3.8) is 0 Å². The van der Waals surface area contributed by atoms with Crippen LogP contribution in [0.15, 0.2) is 22.7 Å². The molecule has 0 heterocycles. The van der Waals surface area contributed by atoms with Gasteiger partial charge in [-0.25, -0.2) is 0 Å². The van der Waals surface area contributed by atoms with Gasteiger partial charge in [-0.1, -0.05) is 12.0 Å². The van der Waals surface area contributed by atoms with Crippen molar-refractivity contribution in [2.45, 2.75) is 13.0 Å². The molecule has 86 valence electrons. The Hall–Kier alpha value is -0.980. The Balaban J connectivity index is 2.96. The summed E-state index contributed by atoms with van der Waals surface area (Å²) in [4.78, 5) is 2.04. The van der Waals surface area contributed by atoms with Crippen LogP contribution in [0.5, 0.6) is 0 Å². The number of hydrogen-bond acceptors (Lipinski definition) is 2. The first-order valence-electron chi connectivity index (χ1n) is 5.21. The summed E-state index contributed by atoms with van der Waals surface area (Å²) in [5.41, 5.74) is 2.37. The quantitative estimate of drug-likeness (QED) is 0.854. The minimum absolute atomic E-state index is 0.350. The predicted octanol–water partition coefficient (Wildman–Crippen LogP) is 2.80. The number of benzene rings is 1. The van der Waals surface area contributed by atoms with E-state index in [-0.39, 0.29) is 0 Å². The van der Waals surface area contributed by atoms with Crippen molar-refractivity contribution in [2.75, 3.05) is 25.5 Å². The molecule has 0 saturated heterocycles. The SMILES string of the molecule is C#CCN(C)c1ccc(C(C)NC)cc1Br. The largest absolute Gasteiger partial charge is 0.363 e. The van der Waals surface area contributed by atoms with Crippen molar-refractivity contribution < 1.29 is 0 Å². The summed E-state index contributed by atoms with van der Waals surface area (Å²) in [6.45, 7) is 2.74. The van der Waals surface area contributed by atoms with Gasteiger partial charge in [-0.2, -0.15) is 0 Å². The molecule has 0 bridgehead atoms. The smallest absolute Gasteiger partial charge is 0.0788 e. The van der Waals surface area contributed by atoms with Crippen LogP contribution in [-0.4, -0.2) is 20.6 Å². The standard InChI is InChI=1S/C13H17BrN2/c1-5-8-16(4)13-7-6-11(9-12(13)14)10(2)15-3/h1,6-7,9-10,15H,8H2,2-4H3. The van der Waals surface area contributed by atoms with E-state index in [9.17, 15) is 0 Å². The van der Waals surface area contributed by atoms with Gasteiger partial charge in [0, 0.05) is 17.6 Å². The maximum absolute atomic E-state index is 5.30. The van der Waals surface area contributed by atoms with Crippen LogP contribution >= 0.6 is 15.9 Å². The monoisotopic (exact) mass is 280 g/mol. The van der Waals surface area contributed by atoms with E-state index in [1.807, 2.05) is 19.0 Å². The van der Waals surface area contributed by atoms with Crippen molar-refractivity contribution in [3.05, 3.63) is 28.2 Å². The van der Waals surface area contributed by atoms with Gasteiger partial charge in [-0.15, -0.1) is 6.42 Å². The third kappa shape index (κ3) is 3.01. The van der Waals surface area contributed by atoms with Crippen LogP contribution in [0.25, 0.3) is 0 Å². The minimum atomic E-state index is 0.350. The molecule has 0 aliphatic rings. The van der Waals surface area contributed by atoms with Crippen LogP contribution in [0.2, 0.25) is 0 Å². The summed E-state index contributed by atoms with van der Waals surface area (Å²) in [6, 6.07) is 6.69. The van der Waals surface area contributed by atoms with E-state index in [1.165, 1.54) is 5.56 Å². The van der Waals surface area contributed by atoms with Gasteiger partial charge in [-0.05, 0) is 47.6 Å². The first-order chi connectivity index (χ1) is 7.60. The highest BCUT2D eigenvalue weighted by Gasteiger charge is 2.08. The lowest BCUT2D eigenvalue weighted by molar-refractivity contribution is 0.652. The lowest BCUT2D eigenvalue weighted by Crippen LogP contribution is -2.18. The topological polar surface area (TPSA) is 15.3 Å². The number of nitrogens with one attached hydrogen (secondary N) is 1. The average Bonchev–Trinajstić information content (AvgIpc) is 2.28. The number of terminal acetylenes is 1. The highest BCUT2D eigenvalue weighted by molar-refractivity contribution is 9.10. The first kappa shape index (κ1) is 13.1. The third-order valence-electron chi connectivity index (χ3n) is 2.64. The Kier molecular flexibility index (Phi) is 4.85. The Morgan fingerprint density at radius 1 is 1.56 bits per heavy atom. The number of anilines is 1. The van der Waals surface area contributed by atoms with E-state index < -0.39 is 0 Å². The Morgan fingerprint density at radius 2 is 2.25 bits per heavy atom. The van der Waals surface area contributed by atoms with Gasteiger partial charge in [0.05, 0.1) is 12.2 Å². The molecule has 3 heteroatoms. The highest BCUT2D eigenvalue weighted by atomic mass is 79.9. The van der Waals surface area contributed by atoms with E-state index in [4.69, 9.17) is 6.42 Å². The molecule has 0 aliphatic carbocycles. The summed E-state index contributed by atoms with van der Waals surface area (Å²) in [6.07, 6.45) is 5.30. The molecule has 1 aromatic carbocycles. The molecule has 0 amide bonds. The first-order valence-corrected chi connectivity index (χ1v) is 6.00. The Bertz CT molecular complexity index is 395. The van der Waals surface area contributed by atoms with Gasteiger partial charge in [0.25, 0.3) is 0 Å². The summed E-state index contributed by atoms with van der Waals surface area (Å²) in [5.74, 6) is 2.63. The van der Waals surface area contributed by atoms with E-state index in [2.05, 4.69) is 52.3 Å². The van der Waals surface area contributed by atoms with Gasteiger partial charge in [0.2, 0.25) is 0 Å². The molecule has 1 atom stereocenters. The zero-order chi connectivity index (χ0) is 12.1. The van der Waals surface area contributed by atoms with Crippen LogP contribution in [-0.2, 0) is 0 Å². The molecule has 0 spiro atoms. The Labute approximate surface area is 106 Å². The van der Waals surface area contributed by atoms with Crippen LogP contribution < -0.4 is 10.2 Å². The van der Waals surface area contributed by atoms with Crippen LogP contribution in [0, 0.1) is 12.3 Å². The number of hydrogen-bond donors (Lipinski definition) is 1. The van der Waals surface area contributed by atoms with E-state index in [1.54, 1.807) is 0 Å². The van der Waals surface area contributed by atoms with Crippen molar-refractivity contribution >= 4 is 21.6 Å². The molecular weight excluding hydrogens is 264 g/mol. The number of halogens is 1. The molecule has 0 saturated carbocycles. The van der Waals surface area contributed by atoms with Crippen LogP contribution in [0.4, 0.5) is 5.69 Å². The van der Waals surface area contributed by atoms with Gasteiger partial charge in [0.15, 0.2) is 0 Å². The highest BCUT2D eigenvalue weighted by Crippen LogP contribution is 2.28. The van der Waals surface area contributed by atoms with E-state index in [0.29, 0.717) is 12.6 Å². The molecule has 0 aromatic heterocycles. The third-order valence-corrected chi connectivity index (χ3v) is 3.28. The molecule has 1 rings (SSSR count). The Morgan fingerprint density at radius 3 is 2.75 bits per heavy atom. The molecule has 0 radical (unpaired) electrons. The van der Waals surface area contributed by atoms with Crippen molar-refractivity contribution in [1.82, 2.24) is 5.32 Å². The van der Waals surface area contributed by atoms with Gasteiger partial charge >= 0.3 is 0 Å². The molecule has 0 fully saturated rings. The fraction of sp³-hybridized carbons (Fsp3) is 0.385. The minimum Gasteiger partial charge on any atom is -0.363 e. The molecule has 16 heavy (non-hydrogen) atoms. The molecule has 2 nitrogen and oxygen atoms in total. The normalized spacial score (nSPS) is 11.9. The number of nitrogens with zero attached hydrogens (tertiary/aromatic N) is 1. The van der Waals surface area contributed by atoms with Crippen molar-refractivity contribution in [1.29, 1.82) is 0 Å². The molecule has 1 N–H and O–H groups in total. The van der Waals surface area contributed by atoms with Crippen molar-refractivity contribution in [3.8, 4) is 12.3 Å². The fourth-order valence-electron chi connectivity index (χ4n) is 1.49. The lowest BCUT2D eigenvalue weighted by atomic mass is 10.1. The van der Waals surface area contributed by atoms with Crippen molar-refractivity contribution in [2.24, 2.45) is 0 Å². The summed E-state index contributed by atoms with van der Waals surface area (Å²) in [7, 11) is 3.94. The predicted molar refractivity (Wildman–Crippen MR) is 73.7 cm³/mol. The maximum Gasteiger partial charge on any atom is 0.0788 e. The van der Waals surface area contributed by atoms with E-state index >= 15 is 0 Å². The zero-order valence-electron chi connectivity index (χ0n) is 9.92. The van der Waals surface area contributed by atoms with E-state index in [0.717, 1.165) is 10.2 Å². The molecule has 1 unspecified atom stereocenters. The van der Waals surface area contributed by atoms with Gasteiger partial charge < -0.3 is 10.2 Å². The van der Waals surface area contributed by atoms with Gasteiger partial charge in [-0.3, -0.25) is 0 Å². The molecule has 0 aliphatic heterocycles. The summed E-state index contributed by atoms with van der Waals surface area (Å²) in [5, 5.41) is 3.22. The number of rotatable bonds is 4. The summed E-state index contributed by atoms with van der Waals surface area (Å²) < 4.78 is 1.07.